The minimum atomic E-state index is -0.420. The van der Waals surface area contributed by atoms with Crippen LogP contribution in [0.1, 0.15) is 48.4 Å². The van der Waals surface area contributed by atoms with Crippen LogP contribution in [-0.2, 0) is 10.5 Å². The number of carbonyl (C=O) groups is 1. The maximum absolute atomic E-state index is 13.1. The van der Waals surface area contributed by atoms with Crippen LogP contribution in [-0.4, -0.2) is 29.1 Å². The molecule has 2 heterocycles. The van der Waals surface area contributed by atoms with Crippen molar-refractivity contribution in [3.63, 3.8) is 0 Å². The van der Waals surface area contributed by atoms with Gasteiger partial charge in [0.2, 0.25) is 5.91 Å². The van der Waals surface area contributed by atoms with Crippen molar-refractivity contribution >= 4 is 23.5 Å². The van der Waals surface area contributed by atoms with E-state index in [1.165, 1.54) is 17.3 Å². The minimum absolute atomic E-state index is 0.160. The number of hydrogen-bond acceptors (Lipinski definition) is 6. The van der Waals surface area contributed by atoms with E-state index in [4.69, 9.17) is 9.47 Å². The lowest BCUT2D eigenvalue weighted by molar-refractivity contribution is -0.116. The molecule has 4 rings (SSSR count). The summed E-state index contributed by atoms with van der Waals surface area (Å²) in [6.45, 7) is 6.84. The molecule has 0 bridgehead atoms. The number of carbonyl (C=O) groups excluding carboxylic acids is 1. The molecule has 1 aliphatic heterocycles. The SMILES string of the molecule is CCOc1ccc([C@H]2CC(=O)Nc3nc(SCc4ccc(C)cc4)[nH]c(=O)c32)cc1OCC. The van der Waals surface area contributed by atoms with Crippen LogP contribution >= 0.6 is 11.8 Å². The normalized spacial score (nSPS) is 15.0. The Hall–Kier alpha value is -3.26. The topological polar surface area (TPSA) is 93.3 Å². The van der Waals surface area contributed by atoms with Crippen LogP contribution in [0.2, 0.25) is 0 Å². The molecule has 0 spiro atoms. The van der Waals surface area contributed by atoms with Crippen molar-refractivity contribution in [2.45, 2.75) is 44.0 Å². The number of rotatable bonds is 8. The number of nitrogens with zero attached hydrogens (tertiary/aromatic N) is 1. The summed E-state index contributed by atoms with van der Waals surface area (Å²) in [6, 6.07) is 13.8. The van der Waals surface area contributed by atoms with Gasteiger partial charge in [0.05, 0.1) is 18.8 Å². The van der Waals surface area contributed by atoms with E-state index < -0.39 is 5.92 Å². The number of anilines is 1. The number of benzene rings is 2. The highest BCUT2D eigenvalue weighted by Crippen LogP contribution is 2.38. The Bertz CT molecular complexity index is 1210. The molecule has 172 valence electrons. The van der Waals surface area contributed by atoms with Gasteiger partial charge in [0.1, 0.15) is 5.82 Å². The number of aromatic nitrogens is 2. The average molecular weight is 466 g/mol. The molecule has 33 heavy (non-hydrogen) atoms. The molecule has 0 saturated heterocycles. The smallest absolute Gasteiger partial charge is 0.257 e. The summed E-state index contributed by atoms with van der Waals surface area (Å²) in [6.07, 6.45) is 0.160. The van der Waals surface area contributed by atoms with Crippen LogP contribution < -0.4 is 20.3 Å². The Morgan fingerprint density at radius 1 is 1.03 bits per heavy atom. The highest BCUT2D eigenvalue weighted by Gasteiger charge is 2.31. The Kier molecular flexibility index (Phi) is 7.03. The molecular formula is C25H27N3O4S. The van der Waals surface area contributed by atoms with Crippen LogP contribution in [0.15, 0.2) is 52.4 Å². The van der Waals surface area contributed by atoms with Crippen LogP contribution in [0.3, 0.4) is 0 Å². The summed E-state index contributed by atoms with van der Waals surface area (Å²) < 4.78 is 11.4. The van der Waals surface area contributed by atoms with E-state index in [1.54, 1.807) is 0 Å². The fraction of sp³-hybridized carbons (Fsp3) is 0.320. The van der Waals surface area contributed by atoms with Gasteiger partial charge in [-0.25, -0.2) is 4.98 Å². The summed E-state index contributed by atoms with van der Waals surface area (Å²) in [5.74, 6) is 1.62. The standard InChI is InChI=1S/C25H27N3O4S/c1-4-31-19-11-10-17(12-20(19)32-5-2)18-13-21(29)26-23-22(18)24(30)28-25(27-23)33-14-16-8-6-15(3)7-9-16/h6-12,18H,4-5,13-14H2,1-3H3,(H2,26,27,28,29,30)/t18-/m1/s1. The average Bonchev–Trinajstić information content (AvgIpc) is 2.79. The molecular weight excluding hydrogens is 438 g/mol. The molecule has 0 unspecified atom stereocenters. The molecule has 1 atom stereocenters. The Labute approximate surface area is 196 Å². The third-order valence-electron chi connectivity index (χ3n) is 5.40. The van der Waals surface area contributed by atoms with Crippen molar-refractivity contribution < 1.29 is 14.3 Å². The molecule has 2 aromatic carbocycles. The van der Waals surface area contributed by atoms with Gasteiger partial charge in [-0.15, -0.1) is 0 Å². The number of ether oxygens (including phenoxy) is 2. The molecule has 0 fully saturated rings. The van der Waals surface area contributed by atoms with E-state index in [0.717, 1.165) is 11.1 Å². The van der Waals surface area contributed by atoms with E-state index in [2.05, 4.69) is 39.6 Å². The van der Waals surface area contributed by atoms with Gasteiger partial charge < -0.3 is 19.8 Å². The van der Waals surface area contributed by atoms with Crippen molar-refractivity contribution in [3.8, 4) is 11.5 Å². The van der Waals surface area contributed by atoms with E-state index in [9.17, 15) is 9.59 Å². The molecule has 0 radical (unpaired) electrons. The molecule has 1 amide bonds. The van der Waals surface area contributed by atoms with E-state index in [0.29, 0.717) is 47.0 Å². The van der Waals surface area contributed by atoms with Gasteiger partial charge in [0, 0.05) is 18.1 Å². The van der Waals surface area contributed by atoms with Crippen molar-refractivity contribution in [2.24, 2.45) is 0 Å². The fourth-order valence-corrected chi connectivity index (χ4v) is 4.64. The van der Waals surface area contributed by atoms with Crippen LogP contribution in [0.4, 0.5) is 5.82 Å². The van der Waals surface area contributed by atoms with Crippen molar-refractivity contribution in [3.05, 3.63) is 75.1 Å². The second kappa shape index (κ2) is 10.1. The molecule has 3 aromatic rings. The number of amides is 1. The predicted octanol–water partition coefficient (Wildman–Crippen LogP) is 4.64. The maximum Gasteiger partial charge on any atom is 0.257 e. The highest BCUT2D eigenvalue weighted by atomic mass is 32.2. The molecule has 1 aromatic heterocycles. The molecule has 7 nitrogen and oxygen atoms in total. The van der Waals surface area contributed by atoms with E-state index in [-0.39, 0.29) is 17.9 Å². The first-order valence-corrected chi connectivity index (χ1v) is 12.0. The summed E-state index contributed by atoms with van der Waals surface area (Å²) in [4.78, 5) is 33.0. The monoisotopic (exact) mass is 465 g/mol. The van der Waals surface area contributed by atoms with Gasteiger partial charge >= 0.3 is 0 Å². The zero-order valence-corrected chi connectivity index (χ0v) is 19.8. The van der Waals surface area contributed by atoms with Gasteiger partial charge in [0.25, 0.3) is 5.56 Å². The Balaban J connectivity index is 1.64. The lowest BCUT2D eigenvalue weighted by atomic mass is 9.86. The zero-order chi connectivity index (χ0) is 23.4. The van der Waals surface area contributed by atoms with Gasteiger partial charge in [0.15, 0.2) is 16.7 Å². The fourth-order valence-electron chi connectivity index (χ4n) is 3.82. The summed E-state index contributed by atoms with van der Waals surface area (Å²) in [5.41, 5.74) is 3.35. The number of nitrogens with one attached hydrogen (secondary N) is 2. The first kappa shape index (κ1) is 22.9. The predicted molar refractivity (Wildman–Crippen MR) is 129 cm³/mol. The molecule has 0 aliphatic carbocycles. The molecule has 1 aliphatic rings. The summed E-state index contributed by atoms with van der Waals surface area (Å²) in [5, 5.41) is 3.25. The number of hydrogen-bond donors (Lipinski definition) is 2. The molecule has 0 saturated carbocycles. The number of H-pyrrole nitrogens is 1. The largest absolute Gasteiger partial charge is 0.490 e. The molecule has 2 N–H and O–H groups in total. The van der Waals surface area contributed by atoms with Crippen molar-refractivity contribution in [1.82, 2.24) is 9.97 Å². The Morgan fingerprint density at radius 2 is 1.76 bits per heavy atom. The highest BCUT2D eigenvalue weighted by molar-refractivity contribution is 7.98. The Morgan fingerprint density at radius 3 is 2.48 bits per heavy atom. The van der Waals surface area contributed by atoms with Gasteiger partial charge in [-0.3, -0.25) is 9.59 Å². The van der Waals surface area contributed by atoms with Crippen LogP contribution in [0.25, 0.3) is 0 Å². The summed E-state index contributed by atoms with van der Waals surface area (Å²) in [7, 11) is 0. The maximum atomic E-state index is 13.1. The quantitative estimate of drug-likeness (QED) is 0.372. The third-order valence-corrected chi connectivity index (χ3v) is 6.34. The molecule has 8 heteroatoms. The zero-order valence-electron chi connectivity index (χ0n) is 18.9. The lowest BCUT2D eigenvalue weighted by Gasteiger charge is -2.25. The number of fused-ring (bicyclic) bond motifs is 1. The third kappa shape index (κ3) is 5.22. The number of aromatic amines is 1. The van der Waals surface area contributed by atoms with E-state index in [1.807, 2.05) is 39.0 Å². The van der Waals surface area contributed by atoms with Gasteiger partial charge in [-0.1, -0.05) is 47.7 Å². The van der Waals surface area contributed by atoms with Gasteiger partial charge in [-0.2, -0.15) is 0 Å². The lowest BCUT2D eigenvalue weighted by Crippen LogP contribution is -2.31. The second-order valence-corrected chi connectivity index (χ2v) is 8.75. The summed E-state index contributed by atoms with van der Waals surface area (Å²) >= 11 is 1.43. The minimum Gasteiger partial charge on any atom is -0.490 e. The van der Waals surface area contributed by atoms with E-state index >= 15 is 0 Å². The van der Waals surface area contributed by atoms with Crippen LogP contribution in [0, 0.1) is 6.92 Å². The number of aryl methyl sites for hydroxylation is 1. The van der Waals surface area contributed by atoms with Crippen molar-refractivity contribution in [2.75, 3.05) is 18.5 Å². The second-order valence-electron chi connectivity index (χ2n) is 7.78. The van der Waals surface area contributed by atoms with Crippen molar-refractivity contribution in [1.29, 1.82) is 0 Å². The number of thioether (sulfide) groups is 1. The van der Waals surface area contributed by atoms with Crippen LogP contribution in [0.5, 0.6) is 11.5 Å². The first-order chi connectivity index (χ1) is 16.0. The van der Waals surface area contributed by atoms with Gasteiger partial charge in [-0.05, 0) is 44.0 Å². The first-order valence-electron chi connectivity index (χ1n) is 11.0.